The summed E-state index contributed by atoms with van der Waals surface area (Å²) in [4.78, 5) is 12.2. The maximum atomic E-state index is 13.4. The van der Waals surface area contributed by atoms with Gasteiger partial charge in [0, 0.05) is 0 Å². The van der Waals surface area contributed by atoms with Crippen molar-refractivity contribution in [3.63, 3.8) is 0 Å². The fourth-order valence-corrected chi connectivity index (χ4v) is 4.55. The minimum atomic E-state index is -4.02. The second kappa shape index (κ2) is 10.1. The SMILES string of the molecule is C[C@H](NC(=O)C[C@@H]1C=C[C@@H](NS(=O)(=O)c2cccc(F)c2)[C@H](CO)O1)c1ccccc1. The van der Waals surface area contributed by atoms with Crippen molar-refractivity contribution < 1.29 is 27.4 Å². The third kappa shape index (κ3) is 6.20. The van der Waals surface area contributed by atoms with E-state index in [1.165, 1.54) is 12.1 Å². The van der Waals surface area contributed by atoms with E-state index in [-0.39, 0.29) is 23.3 Å². The fourth-order valence-electron chi connectivity index (χ4n) is 3.30. The molecule has 1 amide bonds. The third-order valence-corrected chi connectivity index (χ3v) is 6.38. The molecule has 0 saturated heterocycles. The summed E-state index contributed by atoms with van der Waals surface area (Å²) in [5.74, 6) is -0.908. The van der Waals surface area contributed by atoms with Crippen LogP contribution in [0.15, 0.2) is 71.6 Å². The molecule has 0 spiro atoms. The Morgan fingerprint density at radius 3 is 2.58 bits per heavy atom. The lowest BCUT2D eigenvalue weighted by Gasteiger charge is -2.31. The zero-order valence-corrected chi connectivity index (χ0v) is 17.8. The zero-order valence-electron chi connectivity index (χ0n) is 16.9. The molecule has 3 rings (SSSR count). The van der Waals surface area contributed by atoms with Crippen LogP contribution >= 0.6 is 0 Å². The Morgan fingerprint density at radius 1 is 1.16 bits per heavy atom. The highest BCUT2D eigenvalue weighted by Crippen LogP contribution is 2.19. The van der Waals surface area contributed by atoms with E-state index in [4.69, 9.17) is 4.74 Å². The van der Waals surface area contributed by atoms with Crippen LogP contribution in [0.4, 0.5) is 4.39 Å². The van der Waals surface area contributed by atoms with E-state index in [9.17, 15) is 22.7 Å². The average Bonchev–Trinajstić information content (AvgIpc) is 2.75. The van der Waals surface area contributed by atoms with E-state index < -0.39 is 40.7 Å². The van der Waals surface area contributed by atoms with Crippen molar-refractivity contribution in [3.8, 4) is 0 Å². The van der Waals surface area contributed by atoms with Crippen LogP contribution in [0.3, 0.4) is 0 Å². The van der Waals surface area contributed by atoms with Crippen LogP contribution in [0, 0.1) is 5.82 Å². The Labute approximate surface area is 181 Å². The zero-order chi connectivity index (χ0) is 22.4. The number of carbonyl (C=O) groups excluding carboxylic acids is 1. The van der Waals surface area contributed by atoms with Crippen LogP contribution in [0.1, 0.15) is 24.9 Å². The van der Waals surface area contributed by atoms with Gasteiger partial charge in [-0.15, -0.1) is 0 Å². The van der Waals surface area contributed by atoms with E-state index in [2.05, 4.69) is 10.0 Å². The first-order chi connectivity index (χ1) is 14.8. The highest BCUT2D eigenvalue weighted by molar-refractivity contribution is 7.89. The molecule has 3 N–H and O–H groups in total. The monoisotopic (exact) mass is 448 g/mol. The number of halogens is 1. The second-order valence-electron chi connectivity index (χ2n) is 7.29. The second-order valence-corrected chi connectivity index (χ2v) is 9.00. The van der Waals surface area contributed by atoms with Crippen LogP contribution < -0.4 is 10.0 Å². The normalized spacial score (nSPS) is 22.1. The van der Waals surface area contributed by atoms with Gasteiger partial charge < -0.3 is 15.2 Å². The summed E-state index contributed by atoms with van der Waals surface area (Å²) in [6, 6.07) is 13.1. The molecule has 31 heavy (non-hydrogen) atoms. The van der Waals surface area contributed by atoms with Crippen molar-refractivity contribution in [1.29, 1.82) is 0 Å². The minimum absolute atomic E-state index is 0.0214. The van der Waals surface area contributed by atoms with Gasteiger partial charge >= 0.3 is 0 Å². The number of benzene rings is 2. The average molecular weight is 449 g/mol. The molecule has 166 valence electrons. The van der Waals surface area contributed by atoms with Gasteiger partial charge in [0.25, 0.3) is 0 Å². The van der Waals surface area contributed by atoms with Gasteiger partial charge in [-0.05, 0) is 30.7 Å². The number of hydrogen-bond acceptors (Lipinski definition) is 5. The molecule has 0 aliphatic carbocycles. The van der Waals surface area contributed by atoms with E-state index in [1.54, 1.807) is 12.2 Å². The van der Waals surface area contributed by atoms with Gasteiger partial charge in [0.2, 0.25) is 15.9 Å². The number of hydrogen-bond donors (Lipinski definition) is 3. The lowest BCUT2D eigenvalue weighted by molar-refractivity contribution is -0.125. The number of aliphatic hydroxyl groups is 1. The summed E-state index contributed by atoms with van der Waals surface area (Å²) in [6.07, 6.45) is 1.64. The van der Waals surface area contributed by atoms with Crippen molar-refractivity contribution >= 4 is 15.9 Å². The number of nitrogens with one attached hydrogen (secondary N) is 2. The van der Waals surface area contributed by atoms with Crippen LogP contribution in [-0.4, -0.2) is 44.3 Å². The van der Waals surface area contributed by atoms with Crippen LogP contribution in [-0.2, 0) is 19.6 Å². The molecule has 0 radical (unpaired) electrons. The molecule has 2 aromatic carbocycles. The molecule has 0 bridgehead atoms. The molecule has 0 unspecified atom stereocenters. The fraction of sp³-hybridized carbons (Fsp3) is 0.318. The van der Waals surface area contributed by atoms with Crippen LogP contribution in [0.25, 0.3) is 0 Å². The van der Waals surface area contributed by atoms with Crippen molar-refractivity contribution in [2.75, 3.05) is 6.61 Å². The molecule has 0 saturated carbocycles. The molecular formula is C22H25FN2O5S. The molecule has 2 aromatic rings. The maximum Gasteiger partial charge on any atom is 0.241 e. The lowest BCUT2D eigenvalue weighted by Crippen LogP contribution is -2.49. The van der Waals surface area contributed by atoms with Gasteiger partial charge in [0.15, 0.2) is 0 Å². The number of sulfonamides is 1. The summed E-state index contributed by atoms with van der Waals surface area (Å²) in [5, 5.41) is 12.6. The first kappa shape index (κ1) is 23.1. The van der Waals surface area contributed by atoms with Gasteiger partial charge in [0.1, 0.15) is 11.9 Å². The van der Waals surface area contributed by atoms with Crippen molar-refractivity contribution in [2.24, 2.45) is 0 Å². The molecule has 7 nitrogen and oxygen atoms in total. The Bertz CT molecular complexity index is 1030. The summed E-state index contributed by atoms with van der Waals surface area (Å²) < 4.78 is 46.5. The van der Waals surface area contributed by atoms with Crippen LogP contribution in [0.2, 0.25) is 0 Å². The number of amides is 1. The van der Waals surface area contributed by atoms with Gasteiger partial charge in [-0.1, -0.05) is 48.6 Å². The number of aliphatic hydroxyl groups excluding tert-OH is 1. The van der Waals surface area contributed by atoms with E-state index in [0.717, 1.165) is 17.7 Å². The van der Waals surface area contributed by atoms with Gasteiger partial charge in [-0.25, -0.2) is 17.5 Å². The smallest absolute Gasteiger partial charge is 0.241 e. The van der Waals surface area contributed by atoms with E-state index >= 15 is 0 Å². The molecule has 1 heterocycles. The van der Waals surface area contributed by atoms with Gasteiger partial charge in [-0.3, -0.25) is 4.79 Å². The highest BCUT2D eigenvalue weighted by atomic mass is 32.2. The van der Waals surface area contributed by atoms with Gasteiger partial charge in [0.05, 0.1) is 36.1 Å². The first-order valence-corrected chi connectivity index (χ1v) is 11.3. The molecule has 4 atom stereocenters. The third-order valence-electron chi connectivity index (χ3n) is 4.92. The Kier molecular flexibility index (Phi) is 7.55. The predicted molar refractivity (Wildman–Crippen MR) is 113 cm³/mol. The maximum absolute atomic E-state index is 13.4. The first-order valence-electron chi connectivity index (χ1n) is 9.85. The summed E-state index contributed by atoms with van der Waals surface area (Å²) in [5.41, 5.74) is 0.969. The van der Waals surface area contributed by atoms with E-state index in [1.807, 2.05) is 37.3 Å². The van der Waals surface area contributed by atoms with Crippen molar-refractivity contribution in [1.82, 2.24) is 10.0 Å². The molecule has 0 fully saturated rings. The number of ether oxygens (including phenoxy) is 1. The van der Waals surface area contributed by atoms with Crippen molar-refractivity contribution in [2.45, 2.75) is 42.5 Å². The standard InChI is InChI=1S/C22H25FN2O5S/c1-15(16-6-3-2-4-7-16)24-22(27)13-18-10-11-20(21(14-26)30-18)25-31(28,29)19-9-5-8-17(23)12-19/h2-12,15,18,20-21,25-26H,13-14H2,1H3,(H,24,27)/t15-,18-,20+,21-/m0/s1. The molecule has 9 heteroatoms. The predicted octanol–water partition coefficient (Wildman–Crippen LogP) is 2.06. The Hall–Kier alpha value is -2.59. The highest BCUT2D eigenvalue weighted by Gasteiger charge is 2.31. The van der Waals surface area contributed by atoms with E-state index in [0.29, 0.717) is 0 Å². The summed E-state index contributed by atoms with van der Waals surface area (Å²) in [6.45, 7) is 1.41. The van der Waals surface area contributed by atoms with Gasteiger partial charge in [-0.2, -0.15) is 0 Å². The molecular weight excluding hydrogens is 423 g/mol. The van der Waals surface area contributed by atoms with Crippen molar-refractivity contribution in [3.05, 3.63) is 78.1 Å². The number of carbonyl (C=O) groups is 1. The molecule has 1 aliphatic rings. The Balaban J connectivity index is 1.61. The summed E-state index contributed by atoms with van der Waals surface area (Å²) >= 11 is 0. The number of rotatable bonds is 8. The van der Waals surface area contributed by atoms with Crippen LogP contribution in [0.5, 0.6) is 0 Å². The minimum Gasteiger partial charge on any atom is -0.394 e. The summed E-state index contributed by atoms with van der Waals surface area (Å²) in [7, 11) is -4.02. The Morgan fingerprint density at radius 2 is 1.90 bits per heavy atom. The molecule has 0 aromatic heterocycles. The largest absolute Gasteiger partial charge is 0.394 e. The quantitative estimate of drug-likeness (QED) is 0.536. The lowest BCUT2D eigenvalue weighted by atomic mass is 10.0. The molecule has 1 aliphatic heterocycles. The topological polar surface area (TPSA) is 105 Å².